The summed E-state index contributed by atoms with van der Waals surface area (Å²) in [6.07, 6.45) is 4.23. The second-order valence-electron chi connectivity index (χ2n) is 14.1. The van der Waals surface area contributed by atoms with Gasteiger partial charge in [0.1, 0.15) is 0 Å². The number of benzene rings is 7. The van der Waals surface area contributed by atoms with Crippen molar-refractivity contribution < 1.29 is 0 Å². The minimum atomic E-state index is 0.807. The van der Waals surface area contributed by atoms with Gasteiger partial charge in [-0.3, -0.25) is 0 Å². The molecule has 3 nitrogen and oxygen atoms in total. The van der Waals surface area contributed by atoms with Crippen LogP contribution in [0.2, 0.25) is 0 Å². The van der Waals surface area contributed by atoms with Crippen molar-refractivity contribution in [3.05, 3.63) is 210 Å². The molecule has 7 aromatic carbocycles. The van der Waals surface area contributed by atoms with E-state index in [9.17, 15) is 0 Å². The molecule has 0 N–H and O–H groups in total. The summed E-state index contributed by atoms with van der Waals surface area (Å²) in [5.74, 6) is 0.807. The van der Waals surface area contributed by atoms with Gasteiger partial charge in [0.25, 0.3) is 0 Å². The molecule has 0 radical (unpaired) electrons. The zero-order chi connectivity index (χ0) is 37.3. The van der Waals surface area contributed by atoms with E-state index in [1.54, 1.807) is 0 Å². The number of anilines is 3. The molecular weight excluding hydrogens is 699 g/mol. The summed E-state index contributed by atoms with van der Waals surface area (Å²) in [6.45, 7) is 0. The summed E-state index contributed by atoms with van der Waals surface area (Å²) in [7, 11) is 0. The summed E-state index contributed by atoms with van der Waals surface area (Å²) in [6, 6.07) is 69.0. The van der Waals surface area contributed by atoms with Gasteiger partial charge in [-0.2, -0.15) is 0 Å². The van der Waals surface area contributed by atoms with Gasteiger partial charge in [-0.15, -0.1) is 11.3 Å². The molecule has 10 rings (SSSR count). The quantitative estimate of drug-likeness (QED) is 0.156. The number of thiophene rings is 1. The first-order chi connectivity index (χ1) is 27.7. The SMILES string of the molecule is C1=c2sc3cc(N(c4ccc(-c5ccccc5)cc4)c4cccc(-c5ccccc5)c4)ccc3c2=C(c2nc(-c3ccccc3)cc(-c3ccccc3)n2)CC1. The molecule has 0 amide bonds. The molecule has 266 valence electrons. The molecule has 4 heteroatoms. The highest BCUT2D eigenvalue weighted by atomic mass is 32.1. The number of aromatic nitrogens is 2. The van der Waals surface area contributed by atoms with Gasteiger partial charge in [0, 0.05) is 53.6 Å². The van der Waals surface area contributed by atoms with Crippen molar-refractivity contribution in [1.82, 2.24) is 9.97 Å². The molecule has 0 atom stereocenters. The van der Waals surface area contributed by atoms with Crippen LogP contribution < -0.4 is 14.7 Å². The molecule has 2 aromatic heterocycles. The third-order valence-electron chi connectivity index (χ3n) is 10.6. The lowest BCUT2D eigenvalue weighted by Crippen LogP contribution is -2.26. The van der Waals surface area contributed by atoms with Crippen LogP contribution in [0.4, 0.5) is 17.1 Å². The molecule has 0 spiro atoms. The summed E-state index contributed by atoms with van der Waals surface area (Å²) in [5, 5.41) is 2.50. The van der Waals surface area contributed by atoms with Gasteiger partial charge in [-0.05, 0) is 77.6 Å². The summed E-state index contributed by atoms with van der Waals surface area (Å²) in [5.41, 5.74) is 13.4. The Morgan fingerprint density at radius 3 is 1.57 bits per heavy atom. The van der Waals surface area contributed by atoms with Gasteiger partial charge in [0.2, 0.25) is 0 Å². The zero-order valence-corrected chi connectivity index (χ0v) is 31.5. The highest BCUT2D eigenvalue weighted by molar-refractivity contribution is 7.17. The van der Waals surface area contributed by atoms with Gasteiger partial charge in [-0.25, -0.2) is 9.97 Å². The van der Waals surface area contributed by atoms with Crippen LogP contribution in [0, 0.1) is 0 Å². The van der Waals surface area contributed by atoms with Crippen molar-refractivity contribution in [1.29, 1.82) is 0 Å². The third kappa shape index (κ3) is 6.51. The van der Waals surface area contributed by atoms with E-state index in [1.165, 1.54) is 47.7 Å². The third-order valence-corrected chi connectivity index (χ3v) is 11.7. The average Bonchev–Trinajstić information content (AvgIpc) is 3.66. The van der Waals surface area contributed by atoms with E-state index in [4.69, 9.17) is 9.97 Å². The molecule has 0 aliphatic heterocycles. The second kappa shape index (κ2) is 14.7. The predicted octanol–water partition coefficient (Wildman–Crippen LogP) is 12.6. The lowest BCUT2D eigenvalue weighted by atomic mass is 9.99. The van der Waals surface area contributed by atoms with Gasteiger partial charge in [0.05, 0.1) is 11.4 Å². The highest BCUT2D eigenvalue weighted by Crippen LogP contribution is 2.39. The van der Waals surface area contributed by atoms with E-state index < -0.39 is 0 Å². The number of fused-ring (bicyclic) bond motifs is 3. The zero-order valence-electron chi connectivity index (χ0n) is 30.7. The van der Waals surface area contributed by atoms with Gasteiger partial charge < -0.3 is 4.90 Å². The minimum Gasteiger partial charge on any atom is -0.310 e. The topological polar surface area (TPSA) is 29.0 Å². The fraction of sp³-hybridized carbons (Fsp3) is 0.0385. The van der Waals surface area contributed by atoms with E-state index >= 15 is 0 Å². The van der Waals surface area contributed by atoms with Gasteiger partial charge in [0.15, 0.2) is 5.82 Å². The van der Waals surface area contributed by atoms with Crippen LogP contribution in [-0.4, -0.2) is 9.97 Å². The largest absolute Gasteiger partial charge is 0.310 e. The predicted molar refractivity (Wildman–Crippen MR) is 236 cm³/mol. The Labute approximate surface area is 330 Å². The number of rotatable bonds is 8. The Morgan fingerprint density at radius 1 is 0.429 bits per heavy atom. The Balaban J connectivity index is 1.13. The molecular formula is C52H37N3S. The standard InChI is InChI=1S/C52H37N3S/c1-5-15-36(16-6-1)38-27-29-42(30-28-38)55(43-24-13-23-41(33-43)37-17-7-2-8-18-37)44-31-32-45-50(34-44)56-49-26-14-25-46(51(45)49)52-53-47(39-19-9-3-10-20-39)35-48(54-52)40-21-11-4-12-22-40/h1-13,15-24,26-35H,14,25H2. The Hall–Kier alpha value is -6.88. The van der Waals surface area contributed by atoms with Crippen molar-refractivity contribution >= 4 is 50.1 Å². The fourth-order valence-corrected chi connectivity index (χ4v) is 9.06. The van der Waals surface area contributed by atoms with Crippen molar-refractivity contribution in [2.45, 2.75) is 12.8 Å². The minimum absolute atomic E-state index is 0.807. The molecule has 0 unspecified atom stereocenters. The monoisotopic (exact) mass is 735 g/mol. The number of nitrogens with zero attached hydrogens (tertiary/aromatic N) is 3. The molecule has 0 saturated carbocycles. The first kappa shape index (κ1) is 33.7. The maximum atomic E-state index is 5.26. The first-order valence-corrected chi connectivity index (χ1v) is 19.9. The molecule has 9 aromatic rings. The van der Waals surface area contributed by atoms with Crippen LogP contribution in [0.3, 0.4) is 0 Å². The maximum Gasteiger partial charge on any atom is 0.157 e. The van der Waals surface area contributed by atoms with E-state index in [0.717, 1.165) is 58.2 Å². The number of hydrogen-bond donors (Lipinski definition) is 0. The molecule has 56 heavy (non-hydrogen) atoms. The van der Waals surface area contributed by atoms with Crippen molar-refractivity contribution in [2.24, 2.45) is 0 Å². The summed E-state index contributed by atoms with van der Waals surface area (Å²) in [4.78, 5) is 12.9. The van der Waals surface area contributed by atoms with Crippen molar-refractivity contribution in [2.75, 3.05) is 4.90 Å². The van der Waals surface area contributed by atoms with E-state index in [0.29, 0.717) is 0 Å². The summed E-state index contributed by atoms with van der Waals surface area (Å²) < 4.78 is 2.54. The average molecular weight is 736 g/mol. The normalized spacial score (nSPS) is 12.2. The lowest BCUT2D eigenvalue weighted by molar-refractivity contribution is 1.02. The molecule has 1 aliphatic carbocycles. The molecule has 1 aliphatic rings. The van der Waals surface area contributed by atoms with E-state index in [1.807, 2.05) is 23.5 Å². The summed E-state index contributed by atoms with van der Waals surface area (Å²) >= 11 is 1.86. The lowest BCUT2D eigenvalue weighted by Gasteiger charge is -2.26. The molecule has 0 bridgehead atoms. The van der Waals surface area contributed by atoms with Crippen LogP contribution in [0.15, 0.2) is 194 Å². The molecule has 0 fully saturated rings. The van der Waals surface area contributed by atoms with Gasteiger partial charge in [-0.1, -0.05) is 158 Å². The van der Waals surface area contributed by atoms with Crippen LogP contribution in [0.5, 0.6) is 0 Å². The Kier molecular flexibility index (Phi) is 8.87. The van der Waals surface area contributed by atoms with Gasteiger partial charge >= 0.3 is 0 Å². The highest BCUT2D eigenvalue weighted by Gasteiger charge is 2.20. The van der Waals surface area contributed by atoms with E-state index in [2.05, 4.69) is 193 Å². The van der Waals surface area contributed by atoms with Crippen LogP contribution in [-0.2, 0) is 0 Å². The Morgan fingerprint density at radius 2 is 0.946 bits per heavy atom. The number of hydrogen-bond acceptors (Lipinski definition) is 4. The Bertz CT molecular complexity index is 2880. The second-order valence-corrected chi connectivity index (χ2v) is 15.2. The smallest absolute Gasteiger partial charge is 0.157 e. The molecule has 0 saturated heterocycles. The van der Waals surface area contributed by atoms with Crippen LogP contribution in [0.1, 0.15) is 18.7 Å². The first-order valence-electron chi connectivity index (χ1n) is 19.1. The van der Waals surface area contributed by atoms with Crippen molar-refractivity contribution in [3.8, 4) is 44.8 Å². The van der Waals surface area contributed by atoms with E-state index in [-0.39, 0.29) is 0 Å². The molecule has 2 heterocycles. The maximum absolute atomic E-state index is 5.26. The van der Waals surface area contributed by atoms with Crippen LogP contribution in [0.25, 0.3) is 66.5 Å². The van der Waals surface area contributed by atoms with Crippen molar-refractivity contribution in [3.63, 3.8) is 0 Å². The fourth-order valence-electron chi connectivity index (χ4n) is 7.83. The van der Waals surface area contributed by atoms with Crippen LogP contribution >= 0.6 is 11.3 Å².